The predicted octanol–water partition coefficient (Wildman–Crippen LogP) is 1.63. The molecular formula is C17H21FN6OS. The number of halogens is 1. The third kappa shape index (κ3) is 3.45. The molecule has 26 heavy (non-hydrogen) atoms. The number of rotatable bonds is 3. The zero-order chi connectivity index (χ0) is 18.8. The summed E-state index contributed by atoms with van der Waals surface area (Å²) in [4.78, 5) is 1.91. The first-order valence-electron chi connectivity index (χ1n) is 8.20. The molecular weight excluding hydrogens is 355 g/mol. The molecule has 0 spiro atoms. The van der Waals surface area contributed by atoms with Crippen molar-refractivity contribution < 1.29 is 9.50 Å². The average molecular weight is 376 g/mol. The SMILES string of the molecule is N=C/C(=C\N)c1cc(O)c(C(=N)SC(=N)N2CC3CNCC3C2)c(F)c1. The first kappa shape index (κ1) is 18.4. The summed E-state index contributed by atoms with van der Waals surface area (Å²) in [5.41, 5.74) is 5.66. The number of hydrogen-bond donors (Lipinski definition) is 6. The quantitative estimate of drug-likeness (QED) is 0.352. The van der Waals surface area contributed by atoms with Crippen LogP contribution in [-0.2, 0) is 0 Å². The molecule has 0 radical (unpaired) electrons. The van der Waals surface area contributed by atoms with Gasteiger partial charge in [-0.3, -0.25) is 10.8 Å². The second kappa shape index (κ2) is 7.46. The van der Waals surface area contributed by atoms with Gasteiger partial charge >= 0.3 is 0 Å². The molecule has 1 aromatic rings. The number of allylic oxidation sites excluding steroid dienone is 1. The minimum absolute atomic E-state index is 0.189. The molecule has 3 rings (SSSR count). The molecule has 0 amide bonds. The molecule has 0 aliphatic carbocycles. The molecule has 2 fully saturated rings. The number of fused-ring (bicyclic) bond motifs is 1. The number of aromatic hydroxyl groups is 1. The summed E-state index contributed by atoms with van der Waals surface area (Å²) in [5, 5.41) is 37.1. The van der Waals surface area contributed by atoms with Crippen molar-refractivity contribution in [3.05, 3.63) is 35.3 Å². The van der Waals surface area contributed by atoms with Gasteiger partial charge in [-0.25, -0.2) is 4.39 Å². The average Bonchev–Trinajstić information content (AvgIpc) is 3.17. The normalized spacial score (nSPS) is 22.3. The van der Waals surface area contributed by atoms with E-state index in [0.29, 0.717) is 11.8 Å². The second-order valence-electron chi connectivity index (χ2n) is 6.44. The van der Waals surface area contributed by atoms with E-state index in [1.807, 2.05) is 4.90 Å². The van der Waals surface area contributed by atoms with E-state index in [2.05, 4.69) is 5.32 Å². The second-order valence-corrected chi connectivity index (χ2v) is 7.44. The maximum Gasteiger partial charge on any atom is 0.162 e. The number of nitrogens with two attached hydrogens (primary N) is 1. The van der Waals surface area contributed by atoms with Crippen LogP contribution < -0.4 is 11.1 Å². The molecule has 2 heterocycles. The van der Waals surface area contributed by atoms with Crippen LogP contribution in [0.5, 0.6) is 5.75 Å². The van der Waals surface area contributed by atoms with Gasteiger partial charge in [0.05, 0.1) is 5.56 Å². The van der Waals surface area contributed by atoms with Gasteiger partial charge in [-0.1, -0.05) is 0 Å². The number of likely N-dealkylation sites (tertiary alicyclic amines) is 1. The third-order valence-corrected chi connectivity index (χ3v) is 5.70. The monoisotopic (exact) mass is 376 g/mol. The van der Waals surface area contributed by atoms with Crippen molar-refractivity contribution in [1.82, 2.24) is 10.2 Å². The van der Waals surface area contributed by atoms with Gasteiger partial charge in [0.1, 0.15) is 16.6 Å². The number of nitrogens with one attached hydrogen (secondary N) is 4. The molecule has 1 aromatic carbocycles. The molecule has 2 aliphatic heterocycles. The highest BCUT2D eigenvalue weighted by Crippen LogP contribution is 2.32. The number of phenols is 1. The van der Waals surface area contributed by atoms with Crippen LogP contribution >= 0.6 is 11.8 Å². The first-order chi connectivity index (χ1) is 12.4. The van der Waals surface area contributed by atoms with Crippen LogP contribution in [0.1, 0.15) is 11.1 Å². The van der Waals surface area contributed by atoms with Crippen molar-refractivity contribution in [1.29, 1.82) is 16.2 Å². The molecule has 2 saturated heterocycles. The van der Waals surface area contributed by atoms with Crippen molar-refractivity contribution in [2.75, 3.05) is 26.2 Å². The van der Waals surface area contributed by atoms with Crippen LogP contribution in [0.15, 0.2) is 18.3 Å². The molecule has 0 saturated carbocycles. The standard InChI is InChI=1S/C17H21FN6OS/c18-13-1-9(10(3-19)4-20)2-14(25)15(13)16(21)26-17(22)24-7-11-5-23-6-12(11)8-24/h1-4,11-12,19,21-23,25H,5-8,20H2/b10-4+,19-3?,21-16?,22-17?. The Kier molecular flexibility index (Phi) is 5.28. The number of hydrogen-bond acceptors (Lipinski definition) is 7. The summed E-state index contributed by atoms with van der Waals surface area (Å²) in [6, 6.07) is 2.40. The largest absolute Gasteiger partial charge is 0.507 e. The highest BCUT2D eigenvalue weighted by Gasteiger charge is 2.37. The summed E-state index contributed by atoms with van der Waals surface area (Å²) in [7, 11) is 0. The molecule has 0 bridgehead atoms. The summed E-state index contributed by atoms with van der Waals surface area (Å²) in [5.74, 6) is -0.169. The van der Waals surface area contributed by atoms with Gasteiger partial charge < -0.3 is 26.5 Å². The molecule has 2 aliphatic rings. The molecule has 2 unspecified atom stereocenters. The summed E-state index contributed by atoms with van der Waals surface area (Å²) in [6.45, 7) is 3.40. The maximum absolute atomic E-state index is 14.5. The van der Waals surface area contributed by atoms with Crippen molar-refractivity contribution in [3.63, 3.8) is 0 Å². The van der Waals surface area contributed by atoms with Gasteiger partial charge in [0, 0.05) is 44.2 Å². The molecule has 7 nitrogen and oxygen atoms in total. The van der Waals surface area contributed by atoms with E-state index in [1.165, 1.54) is 6.07 Å². The van der Waals surface area contributed by atoms with Crippen molar-refractivity contribution in [3.8, 4) is 5.75 Å². The number of phenolic OH excluding ortho intramolecular Hbond substituents is 1. The number of nitrogens with zero attached hydrogens (tertiary/aromatic N) is 1. The van der Waals surface area contributed by atoms with E-state index in [9.17, 15) is 9.50 Å². The van der Waals surface area contributed by atoms with Crippen LogP contribution in [0.25, 0.3) is 5.57 Å². The van der Waals surface area contributed by atoms with Crippen LogP contribution in [-0.4, -0.2) is 52.6 Å². The Bertz CT molecular complexity index is 760. The fraction of sp³-hybridized carbons (Fsp3) is 0.353. The minimum Gasteiger partial charge on any atom is -0.507 e. The fourth-order valence-electron chi connectivity index (χ4n) is 3.44. The Morgan fingerprint density at radius 2 is 1.96 bits per heavy atom. The number of amidine groups is 1. The van der Waals surface area contributed by atoms with Gasteiger partial charge in [-0.2, -0.15) is 0 Å². The lowest BCUT2D eigenvalue weighted by Crippen LogP contribution is -2.30. The van der Waals surface area contributed by atoms with Gasteiger partial charge in [0.2, 0.25) is 0 Å². The van der Waals surface area contributed by atoms with E-state index in [1.54, 1.807) is 0 Å². The highest BCUT2D eigenvalue weighted by molar-refractivity contribution is 8.26. The first-order valence-corrected chi connectivity index (χ1v) is 9.02. The van der Waals surface area contributed by atoms with E-state index in [4.69, 9.17) is 22.0 Å². The van der Waals surface area contributed by atoms with E-state index >= 15 is 0 Å². The fourth-order valence-corrected chi connectivity index (χ4v) is 4.22. The lowest BCUT2D eigenvalue weighted by Gasteiger charge is -2.20. The lowest BCUT2D eigenvalue weighted by atomic mass is 10.0. The van der Waals surface area contributed by atoms with E-state index in [0.717, 1.165) is 56.4 Å². The third-order valence-electron chi connectivity index (χ3n) is 4.84. The van der Waals surface area contributed by atoms with Gasteiger partial charge in [-0.15, -0.1) is 0 Å². The lowest BCUT2D eigenvalue weighted by molar-refractivity contribution is 0.467. The van der Waals surface area contributed by atoms with Crippen molar-refractivity contribution in [2.45, 2.75) is 0 Å². The Hall–Kier alpha value is -2.39. The molecule has 9 heteroatoms. The molecule has 7 N–H and O–H groups in total. The van der Waals surface area contributed by atoms with Crippen LogP contribution in [0, 0.1) is 33.9 Å². The summed E-state index contributed by atoms with van der Waals surface area (Å²) in [6.07, 6.45) is 2.11. The van der Waals surface area contributed by atoms with Crippen molar-refractivity contribution in [2.24, 2.45) is 17.6 Å². The maximum atomic E-state index is 14.5. The van der Waals surface area contributed by atoms with E-state index in [-0.39, 0.29) is 26.9 Å². The minimum atomic E-state index is -0.783. The molecule has 2 atom stereocenters. The van der Waals surface area contributed by atoms with Gasteiger partial charge in [0.15, 0.2) is 5.17 Å². The van der Waals surface area contributed by atoms with Gasteiger partial charge in [0.25, 0.3) is 0 Å². The number of benzene rings is 1. The topological polar surface area (TPSA) is 133 Å². The number of thioether (sulfide) groups is 1. The Balaban J connectivity index is 1.73. The Morgan fingerprint density at radius 3 is 2.50 bits per heavy atom. The van der Waals surface area contributed by atoms with Crippen LogP contribution in [0.4, 0.5) is 4.39 Å². The zero-order valence-corrected chi connectivity index (χ0v) is 14.9. The highest BCUT2D eigenvalue weighted by atomic mass is 32.2. The Morgan fingerprint density at radius 1 is 1.31 bits per heavy atom. The van der Waals surface area contributed by atoms with Crippen LogP contribution in [0.2, 0.25) is 0 Å². The predicted molar refractivity (Wildman–Crippen MR) is 103 cm³/mol. The molecule has 0 aromatic heterocycles. The zero-order valence-electron chi connectivity index (χ0n) is 14.1. The Labute approximate surface area is 155 Å². The summed E-state index contributed by atoms with van der Waals surface area (Å²) >= 11 is 0.831. The van der Waals surface area contributed by atoms with Crippen LogP contribution in [0.3, 0.4) is 0 Å². The smallest absolute Gasteiger partial charge is 0.162 e. The van der Waals surface area contributed by atoms with Gasteiger partial charge in [-0.05, 0) is 41.3 Å². The molecule has 138 valence electrons. The van der Waals surface area contributed by atoms with Crippen molar-refractivity contribution >= 4 is 33.8 Å². The van der Waals surface area contributed by atoms with E-state index < -0.39 is 11.6 Å². The summed E-state index contributed by atoms with van der Waals surface area (Å²) < 4.78 is 14.5.